The van der Waals surface area contributed by atoms with Crippen LogP contribution in [0.3, 0.4) is 0 Å². The monoisotopic (exact) mass is 384 g/mol. The first kappa shape index (κ1) is 20.3. The number of hydrogen-bond acceptors (Lipinski definition) is 4. The third-order valence-electron chi connectivity index (χ3n) is 4.38. The van der Waals surface area contributed by atoms with Crippen LogP contribution in [0.1, 0.15) is 44.0 Å². The zero-order chi connectivity index (χ0) is 18.6. The lowest BCUT2D eigenvalue weighted by atomic mass is 10.0. The highest BCUT2D eigenvalue weighted by atomic mass is 32.2. The first-order valence-electron chi connectivity index (χ1n) is 8.75. The molecule has 1 aromatic rings. The van der Waals surface area contributed by atoms with Gasteiger partial charge in [0, 0.05) is 35.8 Å². The Bertz CT molecular complexity index is 696. The van der Waals surface area contributed by atoms with Gasteiger partial charge in [0.25, 0.3) is 5.91 Å². The van der Waals surface area contributed by atoms with Gasteiger partial charge in [-0.2, -0.15) is 4.31 Å². The van der Waals surface area contributed by atoms with Crippen molar-refractivity contribution in [3.05, 3.63) is 29.8 Å². The van der Waals surface area contributed by atoms with Gasteiger partial charge in [-0.05, 0) is 25.0 Å². The van der Waals surface area contributed by atoms with Crippen molar-refractivity contribution in [3.8, 4) is 0 Å². The van der Waals surface area contributed by atoms with Crippen LogP contribution in [0.2, 0.25) is 0 Å². The molecule has 0 bridgehead atoms. The van der Waals surface area contributed by atoms with Crippen molar-refractivity contribution < 1.29 is 13.2 Å². The van der Waals surface area contributed by atoms with Crippen LogP contribution in [0.5, 0.6) is 0 Å². The number of benzene rings is 1. The van der Waals surface area contributed by atoms with E-state index in [0.29, 0.717) is 37.7 Å². The summed E-state index contributed by atoms with van der Waals surface area (Å²) < 4.78 is 25.3. The van der Waals surface area contributed by atoms with Gasteiger partial charge in [0.1, 0.15) is 0 Å². The zero-order valence-electron chi connectivity index (χ0n) is 15.4. The van der Waals surface area contributed by atoms with Gasteiger partial charge in [0.2, 0.25) is 10.0 Å². The fourth-order valence-corrected chi connectivity index (χ4v) is 5.46. The van der Waals surface area contributed by atoms with E-state index in [-0.39, 0.29) is 11.9 Å². The molecule has 0 unspecified atom stereocenters. The number of thioether (sulfide) groups is 1. The Labute approximate surface area is 155 Å². The molecular weight excluding hydrogens is 356 g/mol. The van der Waals surface area contributed by atoms with E-state index in [1.807, 2.05) is 36.1 Å². The van der Waals surface area contributed by atoms with Crippen molar-refractivity contribution in [2.75, 3.05) is 25.9 Å². The molecular formula is C18H28N2O3S2. The third-order valence-corrected chi connectivity index (χ3v) is 6.87. The summed E-state index contributed by atoms with van der Waals surface area (Å²) in [6.45, 7) is 7.75. The quantitative estimate of drug-likeness (QED) is 0.707. The molecule has 0 aromatic heterocycles. The molecule has 1 aliphatic rings. The largest absolute Gasteiger partial charge is 0.338 e. The highest BCUT2D eigenvalue weighted by Gasteiger charge is 2.31. The molecule has 0 spiro atoms. The summed E-state index contributed by atoms with van der Waals surface area (Å²) in [6, 6.07) is 7.72. The van der Waals surface area contributed by atoms with Crippen LogP contribution in [-0.2, 0) is 10.0 Å². The lowest BCUT2D eigenvalue weighted by molar-refractivity contribution is 0.0677. The molecule has 0 aliphatic carbocycles. The van der Waals surface area contributed by atoms with Crippen molar-refractivity contribution in [2.45, 2.75) is 49.8 Å². The molecule has 0 radical (unpaired) electrons. The van der Waals surface area contributed by atoms with Crippen molar-refractivity contribution in [3.63, 3.8) is 0 Å². The Morgan fingerprint density at radius 1 is 1.28 bits per heavy atom. The Morgan fingerprint density at radius 2 is 1.88 bits per heavy atom. The standard InChI is InChI=1S/C18H28N2O3S2/c1-5-20(25(4,22)23)15-10-12-19(13-11-15)18(21)16-8-6-7-9-17(16)24-14(2)3/h6-9,14-15H,5,10-13H2,1-4H3. The summed E-state index contributed by atoms with van der Waals surface area (Å²) in [6.07, 6.45) is 2.63. The Morgan fingerprint density at radius 3 is 2.40 bits per heavy atom. The van der Waals surface area contributed by atoms with Crippen LogP contribution in [0, 0.1) is 0 Å². The van der Waals surface area contributed by atoms with Gasteiger partial charge in [-0.15, -0.1) is 11.8 Å². The van der Waals surface area contributed by atoms with E-state index in [4.69, 9.17) is 0 Å². The number of carbonyl (C=O) groups excluding carboxylic acids is 1. The fraction of sp³-hybridized carbons (Fsp3) is 0.611. The van der Waals surface area contributed by atoms with E-state index in [1.54, 1.807) is 16.1 Å². The van der Waals surface area contributed by atoms with E-state index in [0.717, 1.165) is 10.5 Å². The maximum atomic E-state index is 12.9. The summed E-state index contributed by atoms with van der Waals surface area (Å²) in [5.41, 5.74) is 0.745. The molecule has 1 fully saturated rings. The van der Waals surface area contributed by atoms with Gasteiger partial charge >= 0.3 is 0 Å². The number of rotatable bonds is 6. The van der Waals surface area contributed by atoms with Crippen molar-refractivity contribution in [2.24, 2.45) is 0 Å². The number of piperidine rings is 1. The number of carbonyl (C=O) groups is 1. The minimum absolute atomic E-state index is 0.00988. The number of nitrogens with zero attached hydrogens (tertiary/aromatic N) is 2. The predicted octanol–water partition coefficient (Wildman–Crippen LogP) is 3.07. The van der Waals surface area contributed by atoms with E-state index < -0.39 is 10.0 Å². The zero-order valence-corrected chi connectivity index (χ0v) is 17.1. The van der Waals surface area contributed by atoms with E-state index in [9.17, 15) is 13.2 Å². The van der Waals surface area contributed by atoms with Gasteiger partial charge < -0.3 is 4.90 Å². The van der Waals surface area contributed by atoms with Crippen molar-refractivity contribution in [1.82, 2.24) is 9.21 Å². The molecule has 0 saturated carbocycles. The summed E-state index contributed by atoms with van der Waals surface area (Å²) in [5.74, 6) is 0.0459. The molecule has 1 aliphatic heterocycles. The van der Waals surface area contributed by atoms with Crippen LogP contribution >= 0.6 is 11.8 Å². The van der Waals surface area contributed by atoms with Crippen molar-refractivity contribution >= 4 is 27.7 Å². The highest BCUT2D eigenvalue weighted by Crippen LogP contribution is 2.28. The lowest BCUT2D eigenvalue weighted by Crippen LogP contribution is -2.48. The van der Waals surface area contributed by atoms with E-state index >= 15 is 0 Å². The number of amides is 1. The number of likely N-dealkylation sites (tertiary alicyclic amines) is 1. The van der Waals surface area contributed by atoms with Crippen molar-refractivity contribution in [1.29, 1.82) is 0 Å². The maximum absolute atomic E-state index is 12.9. The molecule has 5 nitrogen and oxygen atoms in total. The molecule has 1 saturated heterocycles. The molecule has 1 heterocycles. The van der Waals surface area contributed by atoms with E-state index in [2.05, 4.69) is 13.8 Å². The second-order valence-electron chi connectivity index (χ2n) is 6.65. The molecule has 25 heavy (non-hydrogen) atoms. The average molecular weight is 385 g/mol. The van der Waals surface area contributed by atoms with Gasteiger partial charge in [0.15, 0.2) is 0 Å². The molecule has 1 aromatic carbocycles. The van der Waals surface area contributed by atoms with Gasteiger partial charge in [-0.25, -0.2) is 8.42 Å². The minimum Gasteiger partial charge on any atom is -0.338 e. The maximum Gasteiger partial charge on any atom is 0.254 e. The van der Waals surface area contributed by atoms with Crippen LogP contribution in [0.4, 0.5) is 0 Å². The summed E-state index contributed by atoms with van der Waals surface area (Å²) >= 11 is 1.69. The second-order valence-corrected chi connectivity index (χ2v) is 10.2. The smallest absolute Gasteiger partial charge is 0.254 e. The van der Waals surface area contributed by atoms with E-state index in [1.165, 1.54) is 6.26 Å². The molecule has 140 valence electrons. The predicted molar refractivity (Wildman–Crippen MR) is 104 cm³/mol. The first-order valence-corrected chi connectivity index (χ1v) is 11.5. The molecule has 0 N–H and O–H groups in total. The molecule has 7 heteroatoms. The first-order chi connectivity index (χ1) is 11.7. The minimum atomic E-state index is -3.20. The van der Waals surface area contributed by atoms with Gasteiger partial charge in [-0.3, -0.25) is 4.79 Å². The number of hydrogen-bond donors (Lipinski definition) is 0. The summed E-state index contributed by atoms with van der Waals surface area (Å²) in [4.78, 5) is 15.8. The third kappa shape index (κ3) is 5.21. The Kier molecular flexibility index (Phi) is 6.93. The van der Waals surface area contributed by atoms with Gasteiger partial charge in [0.05, 0.1) is 11.8 Å². The number of sulfonamides is 1. The normalized spacial score (nSPS) is 16.6. The molecule has 1 amide bonds. The van der Waals surface area contributed by atoms with Crippen LogP contribution < -0.4 is 0 Å². The van der Waals surface area contributed by atoms with Crippen LogP contribution in [0.25, 0.3) is 0 Å². The second kappa shape index (κ2) is 8.56. The lowest BCUT2D eigenvalue weighted by Gasteiger charge is -2.37. The summed E-state index contributed by atoms with van der Waals surface area (Å²) in [7, 11) is -3.20. The highest BCUT2D eigenvalue weighted by molar-refractivity contribution is 8.00. The SMILES string of the molecule is CCN(C1CCN(C(=O)c2ccccc2SC(C)C)CC1)S(C)(=O)=O. The summed E-state index contributed by atoms with van der Waals surface area (Å²) in [5, 5.41) is 0.410. The van der Waals surface area contributed by atoms with Crippen LogP contribution in [0.15, 0.2) is 29.2 Å². The fourth-order valence-electron chi connectivity index (χ4n) is 3.29. The van der Waals surface area contributed by atoms with Gasteiger partial charge in [-0.1, -0.05) is 32.9 Å². The average Bonchev–Trinajstić information content (AvgIpc) is 2.54. The molecule has 2 rings (SSSR count). The topological polar surface area (TPSA) is 57.7 Å². The molecule has 0 atom stereocenters. The Balaban J connectivity index is 2.07. The Hall–Kier alpha value is -1.05. The van der Waals surface area contributed by atoms with Crippen LogP contribution in [-0.4, -0.2) is 60.7 Å².